The third-order valence-corrected chi connectivity index (χ3v) is 7.97. The van der Waals surface area contributed by atoms with Gasteiger partial charge in [0, 0.05) is 60.8 Å². The van der Waals surface area contributed by atoms with E-state index >= 15 is 0 Å². The van der Waals surface area contributed by atoms with E-state index < -0.39 is 0 Å². The van der Waals surface area contributed by atoms with Crippen LogP contribution in [0.1, 0.15) is 56.4 Å². The van der Waals surface area contributed by atoms with Gasteiger partial charge in [-0.2, -0.15) is 0 Å². The molecule has 0 aliphatic heterocycles. The lowest BCUT2D eigenvalue weighted by atomic mass is 10.1. The molecule has 47 heavy (non-hydrogen) atoms. The summed E-state index contributed by atoms with van der Waals surface area (Å²) in [5.41, 5.74) is 5.78. The first-order chi connectivity index (χ1) is 22.9. The lowest BCUT2D eigenvalue weighted by Gasteiger charge is -2.22. The molecule has 0 amide bonds. The number of nitrogens with zero attached hydrogens (tertiary/aromatic N) is 2. The molecular formula is C41H46N2O4. The van der Waals surface area contributed by atoms with Crippen LogP contribution < -0.4 is 19.3 Å². The number of benzene rings is 4. The highest BCUT2D eigenvalue weighted by atomic mass is 16.5. The number of ketones is 2. The first-order valence-corrected chi connectivity index (χ1v) is 16.5. The number of hydrogen-bond acceptors (Lipinski definition) is 6. The van der Waals surface area contributed by atoms with Gasteiger partial charge in [-0.15, -0.1) is 0 Å². The number of carbonyl (C=O) groups is 2. The summed E-state index contributed by atoms with van der Waals surface area (Å²) < 4.78 is 12.4. The SMILES string of the molecule is CCN(CC)c1ccc(/C=C/C(=O)CC(=O)/C=C/c2ccc(N(CC)CC)cc2OCc2ccccc2)c(OCc2ccccc2)c1. The molecule has 0 bridgehead atoms. The first-order valence-electron chi connectivity index (χ1n) is 16.5. The number of rotatable bonds is 18. The van der Waals surface area contributed by atoms with Crippen molar-refractivity contribution in [3.63, 3.8) is 0 Å². The van der Waals surface area contributed by atoms with E-state index in [0.29, 0.717) is 24.7 Å². The Bertz CT molecular complexity index is 1520. The van der Waals surface area contributed by atoms with Gasteiger partial charge in [-0.3, -0.25) is 9.59 Å². The number of anilines is 2. The minimum Gasteiger partial charge on any atom is -0.488 e. The highest BCUT2D eigenvalue weighted by molar-refractivity contribution is 6.11. The largest absolute Gasteiger partial charge is 0.488 e. The second-order valence-corrected chi connectivity index (χ2v) is 11.1. The molecule has 0 spiro atoms. The molecule has 4 aromatic carbocycles. The summed E-state index contributed by atoms with van der Waals surface area (Å²) in [6.07, 6.45) is 6.14. The van der Waals surface area contributed by atoms with Crippen molar-refractivity contribution in [2.24, 2.45) is 0 Å². The van der Waals surface area contributed by atoms with Gasteiger partial charge < -0.3 is 19.3 Å². The molecule has 0 saturated carbocycles. The van der Waals surface area contributed by atoms with Crippen molar-refractivity contribution < 1.29 is 19.1 Å². The van der Waals surface area contributed by atoms with E-state index in [1.54, 1.807) is 12.2 Å². The molecule has 244 valence electrons. The van der Waals surface area contributed by atoms with Gasteiger partial charge in [0.1, 0.15) is 24.7 Å². The summed E-state index contributed by atoms with van der Waals surface area (Å²) in [7, 11) is 0. The van der Waals surface area contributed by atoms with Gasteiger partial charge in [0.15, 0.2) is 11.6 Å². The number of ether oxygens (including phenoxy) is 2. The van der Waals surface area contributed by atoms with E-state index in [0.717, 1.165) is 59.8 Å². The standard InChI is InChI=1S/C41H46N2O4/c1-5-42(6-2)36-23-19-34(40(27-36)46-30-32-15-11-9-12-16-32)21-25-38(44)29-39(45)26-22-35-20-24-37(43(7-3)8-4)28-41(35)47-31-33-17-13-10-14-18-33/h9-28H,5-8,29-31H2,1-4H3/b25-21+,26-22+. The molecule has 6 nitrogen and oxygen atoms in total. The van der Waals surface area contributed by atoms with Crippen LogP contribution in [0.3, 0.4) is 0 Å². The molecule has 4 aromatic rings. The van der Waals surface area contributed by atoms with Crippen LogP contribution in [0.15, 0.2) is 109 Å². The Labute approximate surface area is 279 Å². The second-order valence-electron chi connectivity index (χ2n) is 11.1. The van der Waals surface area contributed by atoms with Crippen molar-refractivity contribution in [1.29, 1.82) is 0 Å². The molecule has 0 saturated heterocycles. The Morgan fingerprint density at radius 3 is 1.30 bits per heavy atom. The lowest BCUT2D eigenvalue weighted by molar-refractivity contribution is -0.121. The summed E-state index contributed by atoms with van der Waals surface area (Å²) in [6.45, 7) is 12.8. The second kappa shape index (κ2) is 18.1. The van der Waals surface area contributed by atoms with Crippen molar-refractivity contribution in [3.05, 3.63) is 131 Å². The van der Waals surface area contributed by atoms with E-state index in [2.05, 4.69) is 37.5 Å². The third kappa shape index (κ3) is 10.5. The first kappa shape index (κ1) is 34.8. The molecule has 0 radical (unpaired) electrons. The smallest absolute Gasteiger partial charge is 0.163 e. The van der Waals surface area contributed by atoms with Gasteiger partial charge >= 0.3 is 0 Å². The van der Waals surface area contributed by atoms with E-state index in [9.17, 15) is 9.59 Å². The number of allylic oxidation sites excluding steroid dienone is 2. The Morgan fingerprint density at radius 1 is 0.553 bits per heavy atom. The Morgan fingerprint density at radius 2 is 0.936 bits per heavy atom. The van der Waals surface area contributed by atoms with Crippen molar-refractivity contribution in [1.82, 2.24) is 0 Å². The molecule has 0 aliphatic carbocycles. The monoisotopic (exact) mass is 630 g/mol. The Balaban J connectivity index is 1.46. The molecule has 0 fully saturated rings. The highest BCUT2D eigenvalue weighted by Gasteiger charge is 2.11. The zero-order valence-electron chi connectivity index (χ0n) is 28.0. The predicted molar refractivity (Wildman–Crippen MR) is 194 cm³/mol. The summed E-state index contributed by atoms with van der Waals surface area (Å²) in [6, 6.07) is 31.9. The average molecular weight is 631 g/mol. The number of carbonyl (C=O) groups excluding carboxylic acids is 2. The third-order valence-electron chi connectivity index (χ3n) is 7.97. The van der Waals surface area contributed by atoms with Crippen molar-refractivity contribution >= 4 is 35.1 Å². The van der Waals surface area contributed by atoms with Gasteiger partial charge in [-0.05, 0) is 87.4 Å². The molecule has 6 heteroatoms. The van der Waals surface area contributed by atoms with E-state index in [4.69, 9.17) is 9.47 Å². The lowest BCUT2D eigenvalue weighted by Crippen LogP contribution is -2.21. The zero-order chi connectivity index (χ0) is 33.4. The molecule has 0 atom stereocenters. The maximum atomic E-state index is 12.9. The fraction of sp³-hybridized carbons (Fsp3) is 0.268. The molecule has 0 heterocycles. The maximum absolute atomic E-state index is 12.9. The predicted octanol–water partition coefficient (Wildman–Crippen LogP) is 8.79. The maximum Gasteiger partial charge on any atom is 0.163 e. The topological polar surface area (TPSA) is 59.1 Å². The van der Waals surface area contributed by atoms with Crippen molar-refractivity contribution in [2.75, 3.05) is 36.0 Å². The quantitative estimate of drug-likeness (QED) is 0.0809. The highest BCUT2D eigenvalue weighted by Crippen LogP contribution is 2.29. The average Bonchev–Trinajstić information content (AvgIpc) is 3.10. The summed E-state index contributed by atoms with van der Waals surface area (Å²) in [5, 5.41) is 0. The summed E-state index contributed by atoms with van der Waals surface area (Å²) in [4.78, 5) is 30.3. The molecule has 0 N–H and O–H groups in total. The summed E-state index contributed by atoms with van der Waals surface area (Å²) in [5.74, 6) is 0.812. The van der Waals surface area contributed by atoms with Gasteiger partial charge in [-0.1, -0.05) is 60.7 Å². The van der Waals surface area contributed by atoms with E-state index in [1.165, 1.54) is 12.2 Å². The van der Waals surface area contributed by atoms with Gasteiger partial charge in [-0.25, -0.2) is 0 Å². The minimum atomic E-state index is -0.279. The minimum absolute atomic E-state index is 0.234. The van der Waals surface area contributed by atoms with Crippen LogP contribution in [0.4, 0.5) is 11.4 Å². The van der Waals surface area contributed by atoms with Crippen LogP contribution in [0.2, 0.25) is 0 Å². The van der Waals surface area contributed by atoms with Gasteiger partial charge in [0.05, 0.1) is 6.42 Å². The zero-order valence-corrected chi connectivity index (χ0v) is 28.0. The van der Waals surface area contributed by atoms with Crippen LogP contribution in [-0.4, -0.2) is 37.7 Å². The molecular weight excluding hydrogens is 584 g/mol. The molecule has 0 aliphatic rings. The molecule has 4 rings (SSSR count). The van der Waals surface area contributed by atoms with E-state index in [1.807, 2.05) is 97.1 Å². The van der Waals surface area contributed by atoms with E-state index in [-0.39, 0.29) is 18.0 Å². The van der Waals surface area contributed by atoms with Crippen LogP contribution in [0.25, 0.3) is 12.2 Å². The van der Waals surface area contributed by atoms with Gasteiger partial charge in [0.25, 0.3) is 0 Å². The number of hydrogen-bond donors (Lipinski definition) is 0. The van der Waals surface area contributed by atoms with Crippen molar-refractivity contribution in [2.45, 2.75) is 47.3 Å². The summed E-state index contributed by atoms with van der Waals surface area (Å²) >= 11 is 0. The van der Waals surface area contributed by atoms with Crippen LogP contribution in [0, 0.1) is 0 Å². The van der Waals surface area contributed by atoms with Crippen LogP contribution in [-0.2, 0) is 22.8 Å². The van der Waals surface area contributed by atoms with Crippen LogP contribution >= 0.6 is 0 Å². The molecule has 0 unspecified atom stereocenters. The van der Waals surface area contributed by atoms with Gasteiger partial charge in [0.2, 0.25) is 0 Å². The molecule has 0 aromatic heterocycles. The fourth-order valence-electron chi connectivity index (χ4n) is 5.27. The normalized spacial score (nSPS) is 11.1. The Hall–Kier alpha value is -5.10. The van der Waals surface area contributed by atoms with Crippen LogP contribution in [0.5, 0.6) is 11.5 Å². The fourth-order valence-corrected chi connectivity index (χ4v) is 5.27. The Kier molecular flexibility index (Phi) is 13.4. The van der Waals surface area contributed by atoms with Crippen molar-refractivity contribution in [3.8, 4) is 11.5 Å².